The lowest BCUT2D eigenvalue weighted by molar-refractivity contribution is 0.102. The number of carbonyl (C=O) groups is 1. The van der Waals surface area contributed by atoms with Crippen LogP contribution in [0.15, 0.2) is 41.6 Å². The van der Waals surface area contributed by atoms with Crippen LogP contribution in [0, 0.1) is 13.8 Å². The Morgan fingerprint density at radius 3 is 2.71 bits per heavy atom. The molecule has 3 nitrogen and oxygen atoms in total. The van der Waals surface area contributed by atoms with Crippen LogP contribution < -0.4 is 5.32 Å². The molecule has 0 unspecified atom stereocenters. The molecule has 110 valence electrons. The summed E-state index contributed by atoms with van der Waals surface area (Å²) in [6.07, 6.45) is 1.39. The monoisotopic (exact) mass is 308 g/mol. The summed E-state index contributed by atoms with van der Waals surface area (Å²) in [4.78, 5) is 16.1. The highest BCUT2D eigenvalue weighted by Crippen LogP contribution is 2.27. The fraction of sp³-hybridized carbons (Fsp3) is 0.200. The standard InChI is InChI=1S/C15H14F2N2OS/c1-9-5-3-7-12(10(9)2)19-13(20)11-6-4-8-18-14(11)21-15(16)17/h3-8,15H,1-2H3,(H,19,20). The summed E-state index contributed by atoms with van der Waals surface area (Å²) >= 11 is 0.266. The highest BCUT2D eigenvalue weighted by atomic mass is 32.2. The van der Waals surface area contributed by atoms with Gasteiger partial charge in [0.2, 0.25) is 0 Å². The lowest BCUT2D eigenvalue weighted by atomic mass is 10.1. The number of thioether (sulfide) groups is 1. The Morgan fingerprint density at radius 2 is 2.00 bits per heavy atom. The first-order valence-electron chi connectivity index (χ1n) is 6.26. The van der Waals surface area contributed by atoms with E-state index in [0.717, 1.165) is 11.1 Å². The summed E-state index contributed by atoms with van der Waals surface area (Å²) in [5.74, 6) is -3.06. The lowest BCUT2D eigenvalue weighted by Crippen LogP contribution is -2.15. The predicted octanol–water partition coefficient (Wildman–Crippen LogP) is 4.27. The van der Waals surface area contributed by atoms with E-state index >= 15 is 0 Å². The van der Waals surface area contributed by atoms with E-state index in [1.165, 1.54) is 12.3 Å². The largest absolute Gasteiger partial charge is 0.322 e. The minimum atomic E-state index is -2.62. The van der Waals surface area contributed by atoms with Gasteiger partial charge in [0.25, 0.3) is 11.7 Å². The summed E-state index contributed by atoms with van der Waals surface area (Å²) in [7, 11) is 0. The van der Waals surface area contributed by atoms with Gasteiger partial charge in [-0.25, -0.2) is 4.98 Å². The number of alkyl halides is 2. The first-order chi connectivity index (χ1) is 9.99. The SMILES string of the molecule is Cc1cccc(NC(=O)c2cccnc2SC(F)F)c1C. The maximum atomic E-state index is 12.5. The summed E-state index contributed by atoms with van der Waals surface area (Å²) in [5, 5.41) is 2.77. The number of aryl methyl sites for hydroxylation is 1. The first kappa shape index (κ1) is 15.4. The number of pyridine rings is 1. The number of halogens is 2. The van der Waals surface area contributed by atoms with Gasteiger partial charge >= 0.3 is 0 Å². The second kappa shape index (κ2) is 6.67. The van der Waals surface area contributed by atoms with E-state index in [0.29, 0.717) is 5.69 Å². The maximum absolute atomic E-state index is 12.5. The zero-order valence-electron chi connectivity index (χ0n) is 11.6. The molecule has 2 rings (SSSR count). The molecule has 1 aromatic heterocycles. The van der Waals surface area contributed by atoms with Crippen LogP contribution in [0.5, 0.6) is 0 Å². The number of nitrogens with zero attached hydrogens (tertiary/aromatic N) is 1. The second-order valence-electron chi connectivity index (χ2n) is 4.44. The Labute approximate surface area is 125 Å². The average Bonchev–Trinajstić information content (AvgIpc) is 2.44. The van der Waals surface area contributed by atoms with Crippen molar-refractivity contribution >= 4 is 23.4 Å². The van der Waals surface area contributed by atoms with Crippen LogP contribution in [0.3, 0.4) is 0 Å². The zero-order chi connectivity index (χ0) is 15.4. The van der Waals surface area contributed by atoms with Gasteiger partial charge in [0, 0.05) is 11.9 Å². The van der Waals surface area contributed by atoms with E-state index in [2.05, 4.69) is 10.3 Å². The highest BCUT2D eigenvalue weighted by Gasteiger charge is 2.17. The van der Waals surface area contributed by atoms with Crippen LogP contribution >= 0.6 is 11.8 Å². The fourth-order valence-corrected chi connectivity index (χ4v) is 2.40. The van der Waals surface area contributed by atoms with Crippen LogP contribution in [0.4, 0.5) is 14.5 Å². The third-order valence-corrected chi connectivity index (χ3v) is 3.80. The van der Waals surface area contributed by atoms with Crippen molar-refractivity contribution in [2.45, 2.75) is 24.6 Å². The molecule has 2 aromatic rings. The number of carbonyl (C=O) groups excluding carboxylic acids is 1. The van der Waals surface area contributed by atoms with Crippen LogP contribution in [-0.4, -0.2) is 16.6 Å². The van der Waals surface area contributed by atoms with Gasteiger partial charge in [-0.3, -0.25) is 4.79 Å². The van der Waals surface area contributed by atoms with E-state index in [9.17, 15) is 13.6 Å². The Bertz CT molecular complexity index is 662. The molecule has 0 saturated heterocycles. The molecule has 0 radical (unpaired) electrons. The third kappa shape index (κ3) is 3.78. The fourth-order valence-electron chi connectivity index (χ4n) is 1.82. The molecule has 1 amide bonds. The van der Waals surface area contributed by atoms with Crippen LogP contribution in [0.1, 0.15) is 21.5 Å². The van der Waals surface area contributed by atoms with E-state index in [1.54, 1.807) is 12.1 Å². The van der Waals surface area contributed by atoms with E-state index in [1.807, 2.05) is 26.0 Å². The minimum Gasteiger partial charge on any atom is -0.322 e. The molecule has 0 saturated carbocycles. The minimum absolute atomic E-state index is 0.0234. The number of hydrogen-bond acceptors (Lipinski definition) is 3. The Kier molecular flexibility index (Phi) is 4.90. The molecule has 0 aliphatic carbocycles. The second-order valence-corrected chi connectivity index (χ2v) is 5.41. The molecule has 21 heavy (non-hydrogen) atoms. The van der Waals surface area contributed by atoms with E-state index in [-0.39, 0.29) is 22.4 Å². The van der Waals surface area contributed by atoms with Crippen LogP contribution in [0.2, 0.25) is 0 Å². The van der Waals surface area contributed by atoms with E-state index in [4.69, 9.17) is 0 Å². The zero-order valence-corrected chi connectivity index (χ0v) is 12.4. The molecule has 0 fully saturated rings. The number of aromatic nitrogens is 1. The molecular weight excluding hydrogens is 294 g/mol. The molecule has 6 heteroatoms. The quantitative estimate of drug-likeness (QED) is 0.858. The predicted molar refractivity (Wildman–Crippen MR) is 80.0 cm³/mol. The molecular formula is C15H14F2N2OS. The Hall–Kier alpha value is -1.95. The van der Waals surface area contributed by atoms with Gasteiger partial charge in [0.15, 0.2) is 0 Å². The van der Waals surface area contributed by atoms with Crippen LogP contribution in [0.25, 0.3) is 0 Å². The third-order valence-electron chi connectivity index (χ3n) is 3.07. The van der Waals surface area contributed by atoms with Crippen LogP contribution in [-0.2, 0) is 0 Å². The number of nitrogens with one attached hydrogen (secondary N) is 1. The smallest absolute Gasteiger partial charge is 0.290 e. The van der Waals surface area contributed by atoms with E-state index < -0.39 is 11.7 Å². The molecule has 0 aliphatic rings. The van der Waals surface area contributed by atoms with Gasteiger partial charge in [0.05, 0.1) is 5.56 Å². The first-order valence-corrected chi connectivity index (χ1v) is 7.14. The highest BCUT2D eigenvalue weighted by molar-refractivity contribution is 7.99. The summed E-state index contributed by atoms with van der Waals surface area (Å²) in [6, 6.07) is 8.57. The van der Waals surface area contributed by atoms with Crippen molar-refractivity contribution in [3.8, 4) is 0 Å². The van der Waals surface area contributed by atoms with Gasteiger partial charge in [-0.05, 0) is 54.9 Å². The number of anilines is 1. The van der Waals surface area contributed by atoms with Gasteiger partial charge in [-0.1, -0.05) is 12.1 Å². The molecule has 0 aliphatic heterocycles. The van der Waals surface area contributed by atoms with Gasteiger partial charge < -0.3 is 5.32 Å². The van der Waals surface area contributed by atoms with Gasteiger partial charge in [-0.15, -0.1) is 0 Å². The molecule has 0 spiro atoms. The average molecular weight is 308 g/mol. The number of hydrogen-bond donors (Lipinski definition) is 1. The van der Waals surface area contributed by atoms with Gasteiger partial charge in [0.1, 0.15) is 5.03 Å². The van der Waals surface area contributed by atoms with Crippen molar-refractivity contribution in [2.75, 3.05) is 5.32 Å². The molecule has 1 heterocycles. The number of amides is 1. The van der Waals surface area contributed by atoms with Crippen molar-refractivity contribution in [3.63, 3.8) is 0 Å². The molecule has 0 atom stereocenters. The molecule has 0 bridgehead atoms. The molecule has 1 N–H and O–H groups in total. The Balaban J connectivity index is 2.27. The summed E-state index contributed by atoms with van der Waals surface area (Å²) in [5.41, 5.74) is 2.79. The van der Waals surface area contributed by atoms with Crippen molar-refractivity contribution in [3.05, 3.63) is 53.2 Å². The van der Waals surface area contributed by atoms with Gasteiger partial charge in [-0.2, -0.15) is 8.78 Å². The summed E-state index contributed by atoms with van der Waals surface area (Å²) in [6.45, 7) is 3.83. The van der Waals surface area contributed by atoms with Crippen molar-refractivity contribution in [2.24, 2.45) is 0 Å². The maximum Gasteiger partial charge on any atom is 0.290 e. The Morgan fingerprint density at radius 1 is 1.24 bits per heavy atom. The lowest BCUT2D eigenvalue weighted by Gasteiger charge is -2.12. The van der Waals surface area contributed by atoms with Crippen molar-refractivity contribution in [1.82, 2.24) is 4.98 Å². The number of benzene rings is 1. The normalized spacial score (nSPS) is 10.7. The topological polar surface area (TPSA) is 42.0 Å². The van der Waals surface area contributed by atoms with Crippen molar-refractivity contribution < 1.29 is 13.6 Å². The van der Waals surface area contributed by atoms with Crippen molar-refractivity contribution in [1.29, 1.82) is 0 Å². The number of rotatable bonds is 4. The molecule has 1 aromatic carbocycles. The summed E-state index contributed by atoms with van der Waals surface area (Å²) < 4.78 is 25.0.